The molecule has 0 spiro atoms. The number of amides is 1. The number of hydrogen-bond acceptors (Lipinski definition) is 4. The van der Waals surface area contributed by atoms with Crippen LogP contribution in [0.1, 0.15) is 25.1 Å². The van der Waals surface area contributed by atoms with Gasteiger partial charge in [-0.25, -0.2) is 0 Å². The van der Waals surface area contributed by atoms with Gasteiger partial charge in [0.2, 0.25) is 5.91 Å². The van der Waals surface area contributed by atoms with Crippen LogP contribution in [0.2, 0.25) is 0 Å². The summed E-state index contributed by atoms with van der Waals surface area (Å²) < 4.78 is 5.45. The second-order valence-corrected chi connectivity index (χ2v) is 4.66. The number of hydrogen-bond donors (Lipinski definition) is 1. The highest BCUT2D eigenvalue weighted by atomic mass is 16.3. The zero-order valence-corrected chi connectivity index (χ0v) is 10.8. The molecule has 18 heavy (non-hydrogen) atoms. The molecule has 1 aliphatic heterocycles. The lowest BCUT2D eigenvalue weighted by molar-refractivity contribution is -0.128. The summed E-state index contributed by atoms with van der Waals surface area (Å²) in [6.45, 7) is 5.57. The molecule has 1 amide bonds. The molecule has 1 saturated heterocycles. The summed E-state index contributed by atoms with van der Waals surface area (Å²) in [6.07, 6.45) is 2.66. The van der Waals surface area contributed by atoms with Gasteiger partial charge in [0.25, 0.3) is 0 Å². The van der Waals surface area contributed by atoms with E-state index in [2.05, 4.69) is 4.90 Å². The van der Waals surface area contributed by atoms with Gasteiger partial charge in [0.15, 0.2) is 0 Å². The Balaban J connectivity index is 2.02. The van der Waals surface area contributed by atoms with Crippen LogP contribution in [0.5, 0.6) is 0 Å². The van der Waals surface area contributed by atoms with E-state index >= 15 is 0 Å². The van der Waals surface area contributed by atoms with E-state index < -0.39 is 0 Å². The van der Waals surface area contributed by atoms with Gasteiger partial charge < -0.3 is 15.1 Å². The average molecular weight is 251 g/mol. The maximum atomic E-state index is 11.4. The van der Waals surface area contributed by atoms with Gasteiger partial charge in [-0.15, -0.1) is 0 Å². The van der Waals surface area contributed by atoms with Crippen molar-refractivity contribution in [2.24, 2.45) is 5.73 Å². The first kappa shape index (κ1) is 13.1. The smallest absolute Gasteiger partial charge is 0.219 e. The molecule has 0 radical (unpaired) electrons. The van der Waals surface area contributed by atoms with Gasteiger partial charge in [0.05, 0.1) is 12.3 Å². The summed E-state index contributed by atoms with van der Waals surface area (Å²) in [6, 6.07) is 3.97. The number of nitrogens with zero attached hydrogens (tertiary/aromatic N) is 2. The Kier molecular flexibility index (Phi) is 4.38. The fraction of sp³-hybridized carbons (Fsp3) is 0.615. The van der Waals surface area contributed by atoms with E-state index in [9.17, 15) is 4.79 Å². The van der Waals surface area contributed by atoms with Gasteiger partial charge in [-0.1, -0.05) is 0 Å². The number of carbonyl (C=O) groups is 1. The van der Waals surface area contributed by atoms with Crippen molar-refractivity contribution in [1.29, 1.82) is 0 Å². The van der Waals surface area contributed by atoms with Crippen LogP contribution in [-0.2, 0) is 4.79 Å². The van der Waals surface area contributed by atoms with Gasteiger partial charge in [-0.3, -0.25) is 9.69 Å². The van der Waals surface area contributed by atoms with E-state index in [1.807, 2.05) is 17.0 Å². The topological polar surface area (TPSA) is 62.7 Å². The molecule has 100 valence electrons. The van der Waals surface area contributed by atoms with Crippen LogP contribution in [0.4, 0.5) is 0 Å². The number of rotatable bonds is 3. The van der Waals surface area contributed by atoms with E-state index in [-0.39, 0.29) is 11.9 Å². The predicted molar refractivity (Wildman–Crippen MR) is 68.9 cm³/mol. The summed E-state index contributed by atoms with van der Waals surface area (Å²) >= 11 is 0. The maximum Gasteiger partial charge on any atom is 0.219 e. The molecule has 1 fully saturated rings. The van der Waals surface area contributed by atoms with Crippen molar-refractivity contribution in [3.63, 3.8) is 0 Å². The Bertz CT molecular complexity index is 378. The highest BCUT2D eigenvalue weighted by Crippen LogP contribution is 2.21. The molecule has 0 bridgehead atoms. The minimum absolute atomic E-state index is 0.118. The minimum Gasteiger partial charge on any atom is -0.468 e. The third-order valence-corrected chi connectivity index (χ3v) is 3.51. The Morgan fingerprint density at radius 1 is 1.44 bits per heavy atom. The molecule has 0 aliphatic carbocycles. The summed E-state index contributed by atoms with van der Waals surface area (Å²) in [5, 5.41) is 0. The lowest BCUT2D eigenvalue weighted by Crippen LogP contribution is -2.37. The van der Waals surface area contributed by atoms with Gasteiger partial charge in [-0.05, 0) is 18.6 Å². The van der Waals surface area contributed by atoms with E-state index in [0.717, 1.165) is 38.4 Å². The predicted octanol–water partition coefficient (Wildman–Crippen LogP) is 0.834. The van der Waals surface area contributed by atoms with Crippen LogP contribution >= 0.6 is 0 Å². The fourth-order valence-corrected chi connectivity index (χ4v) is 2.49. The molecule has 5 nitrogen and oxygen atoms in total. The molecule has 5 heteroatoms. The van der Waals surface area contributed by atoms with E-state index in [4.69, 9.17) is 10.2 Å². The SMILES string of the molecule is CC(=O)N1CCCN(C(CN)c2ccco2)CC1. The monoisotopic (exact) mass is 251 g/mol. The second-order valence-electron chi connectivity index (χ2n) is 4.66. The van der Waals surface area contributed by atoms with Crippen LogP contribution in [-0.4, -0.2) is 48.4 Å². The van der Waals surface area contributed by atoms with Gasteiger partial charge in [0.1, 0.15) is 5.76 Å². The Morgan fingerprint density at radius 3 is 2.89 bits per heavy atom. The molecule has 2 rings (SSSR count). The van der Waals surface area contributed by atoms with Crippen LogP contribution < -0.4 is 5.73 Å². The molecule has 2 heterocycles. The fourth-order valence-electron chi connectivity index (χ4n) is 2.49. The van der Waals surface area contributed by atoms with Crippen molar-refractivity contribution in [2.45, 2.75) is 19.4 Å². The first-order chi connectivity index (χ1) is 8.72. The van der Waals surface area contributed by atoms with Crippen LogP contribution in [0.25, 0.3) is 0 Å². The molecule has 1 aromatic rings. The summed E-state index contributed by atoms with van der Waals surface area (Å²) in [5.74, 6) is 1.06. The van der Waals surface area contributed by atoms with Crippen molar-refractivity contribution >= 4 is 5.91 Å². The molecule has 0 saturated carbocycles. The normalized spacial score (nSPS) is 19.6. The summed E-state index contributed by atoms with van der Waals surface area (Å²) in [4.78, 5) is 15.6. The van der Waals surface area contributed by atoms with Crippen molar-refractivity contribution in [3.05, 3.63) is 24.2 Å². The van der Waals surface area contributed by atoms with Crippen LogP contribution in [0.15, 0.2) is 22.8 Å². The molecule has 1 atom stereocenters. The molecule has 1 aromatic heterocycles. The Morgan fingerprint density at radius 2 is 2.28 bits per heavy atom. The number of nitrogens with two attached hydrogens (primary N) is 1. The highest BCUT2D eigenvalue weighted by Gasteiger charge is 2.24. The molecular formula is C13H21N3O2. The average Bonchev–Trinajstić information content (AvgIpc) is 2.75. The minimum atomic E-state index is 0.118. The van der Waals surface area contributed by atoms with E-state index in [1.54, 1.807) is 13.2 Å². The number of furan rings is 1. The summed E-state index contributed by atoms with van der Waals surface area (Å²) in [5.41, 5.74) is 5.86. The lowest BCUT2D eigenvalue weighted by Gasteiger charge is -2.28. The van der Waals surface area contributed by atoms with Crippen molar-refractivity contribution in [3.8, 4) is 0 Å². The lowest BCUT2D eigenvalue weighted by atomic mass is 10.2. The first-order valence-corrected chi connectivity index (χ1v) is 6.45. The number of carbonyl (C=O) groups excluding carboxylic acids is 1. The summed E-state index contributed by atoms with van der Waals surface area (Å²) in [7, 11) is 0. The molecule has 1 unspecified atom stereocenters. The molecule has 1 aliphatic rings. The van der Waals surface area contributed by atoms with Crippen molar-refractivity contribution < 1.29 is 9.21 Å². The largest absolute Gasteiger partial charge is 0.468 e. The first-order valence-electron chi connectivity index (χ1n) is 6.45. The Hall–Kier alpha value is -1.33. The van der Waals surface area contributed by atoms with Gasteiger partial charge in [-0.2, -0.15) is 0 Å². The van der Waals surface area contributed by atoms with Gasteiger partial charge in [0, 0.05) is 39.6 Å². The third-order valence-electron chi connectivity index (χ3n) is 3.51. The van der Waals surface area contributed by atoms with Crippen molar-refractivity contribution in [1.82, 2.24) is 9.80 Å². The van der Waals surface area contributed by atoms with Gasteiger partial charge >= 0.3 is 0 Å². The van der Waals surface area contributed by atoms with E-state index in [1.165, 1.54) is 0 Å². The Labute approximate surface area is 108 Å². The highest BCUT2D eigenvalue weighted by molar-refractivity contribution is 5.73. The van der Waals surface area contributed by atoms with Crippen LogP contribution in [0, 0.1) is 0 Å². The van der Waals surface area contributed by atoms with E-state index in [0.29, 0.717) is 6.54 Å². The zero-order chi connectivity index (χ0) is 13.0. The maximum absolute atomic E-state index is 11.4. The zero-order valence-electron chi connectivity index (χ0n) is 10.8. The third kappa shape index (κ3) is 2.91. The second kappa shape index (κ2) is 6.02. The molecular weight excluding hydrogens is 230 g/mol. The van der Waals surface area contributed by atoms with Crippen LogP contribution in [0.3, 0.4) is 0 Å². The quantitative estimate of drug-likeness (QED) is 0.864. The molecule has 0 aromatic carbocycles. The molecule has 2 N–H and O–H groups in total. The van der Waals surface area contributed by atoms with Crippen molar-refractivity contribution in [2.75, 3.05) is 32.7 Å². The standard InChI is InChI=1S/C13H21N3O2/c1-11(17)15-5-3-6-16(8-7-15)12(10-14)13-4-2-9-18-13/h2,4,9,12H,3,5-8,10,14H2,1H3.